The van der Waals surface area contributed by atoms with Crippen molar-refractivity contribution >= 4 is 0 Å². The minimum absolute atomic E-state index is 0.565. The lowest BCUT2D eigenvalue weighted by atomic mass is 9.85. The molecule has 0 aliphatic rings. The van der Waals surface area contributed by atoms with Crippen LogP contribution in [0, 0.1) is 25.7 Å². The molecule has 0 aliphatic carbocycles. The molecule has 0 bridgehead atoms. The molecule has 0 heterocycles. The molecule has 0 aliphatic heterocycles. The molecule has 1 N–H and O–H groups in total. The summed E-state index contributed by atoms with van der Waals surface area (Å²) in [6, 6.07) is 7.15. The van der Waals surface area contributed by atoms with Crippen LogP contribution < -0.4 is 5.32 Å². The van der Waals surface area contributed by atoms with Crippen LogP contribution >= 0.6 is 0 Å². The first kappa shape index (κ1) is 14.2. The lowest BCUT2D eigenvalue weighted by molar-refractivity contribution is 0.309. The smallest absolute Gasteiger partial charge is 0.0133 e. The number of rotatable bonds is 5. The van der Waals surface area contributed by atoms with Gasteiger partial charge in [0.2, 0.25) is 0 Å². The summed E-state index contributed by atoms with van der Waals surface area (Å²) in [7, 11) is 2.08. The zero-order valence-corrected chi connectivity index (χ0v) is 12.2. The van der Waals surface area contributed by atoms with Gasteiger partial charge >= 0.3 is 0 Å². The Labute approximate surface area is 107 Å². The number of hydrogen-bond acceptors (Lipinski definition) is 1. The van der Waals surface area contributed by atoms with Crippen LogP contribution in [0.15, 0.2) is 18.2 Å². The van der Waals surface area contributed by atoms with Crippen molar-refractivity contribution in [2.75, 3.05) is 7.05 Å². The molecule has 0 saturated carbocycles. The number of nitrogens with one attached hydrogen (secondary N) is 1. The SMILES string of the molecule is CNC(Cc1c(C)cccc1C)C(C)C(C)C. The third-order valence-corrected chi connectivity index (χ3v) is 4.13. The molecule has 0 radical (unpaired) electrons. The van der Waals surface area contributed by atoms with E-state index in [0.717, 1.165) is 12.3 Å². The first-order chi connectivity index (χ1) is 7.97. The lowest BCUT2D eigenvalue weighted by Crippen LogP contribution is -2.37. The Balaban J connectivity index is 2.88. The van der Waals surface area contributed by atoms with Gasteiger partial charge in [-0.2, -0.15) is 0 Å². The fraction of sp³-hybridized carbons (Fsp3) is 0.625. The van der Waals surface area contributed by atoms with Crippen LogP contribution in [-0.4, -0.2) is 13.1 Å². The van der Waals surface area contributed by atoms with E-state index in [0.29, 0.717) is 12.0 Å². The summed E-state index contributed by atoms with van der Waals surface area (Å²) in [4.78, 5) is 0. The maximum atomic E-state index is 3.49. The van der Waals surface area contributed by atoms with Crippen LogP contribution in [0.4, 0.5) is 0 Å². The van der Waals surface area contributed by atoms with Gasteiger partial charge in [-0.3, -0.25) is 0 Å². The van der Waals surface area contributed by atoms with Gasteiger partial charge in [-0.1, -0.05) is 39.0 Å². The Morgan fingerprint density at radius 1 is 1.06 bits per heavy atom. The van der Waals surface area contributed by atoms with E-state index < -0.39 is 0 Å². The van der Waals surface area contributed by atoms with Crippen LogP contribution in [0.3, 0.4) is 0 Å². The number of hydrogen-bond donors (Lipinski definition) is 1. The van der Waals surface area contributed by atoms with E-state index >= 15 is 0 Å². The van der Waals surface area contributed by atoms with Crippen LogP contribution in [0.25, 0.3) is 0 Å². The van der Waals surface area contributed by atoms with Crippen LogP contribution in [0.5, 0.6) is 0 Å². The number of likely N-dealkylation sites (N-methyl/N-ethyl adjacent to an activating group) is 1. The highest BCUT2D eigenvalue weighted by Gasteiger charge is 2.20. The normalized spacial score (nSPS) is 15.0. The Kier molecular flexibility index (Phi) is 5.20. The van der Waals surface area contributed by atoms with Gasteiger partial charge in [-0.05, 0) is 55.8 Å². The standard InChI is InChI=1S/C16H27N/c1-11(2)14(5)16(17-6)10-15-12(3)8-7-9-13(15)4/h7-9,11,14,16-17H,10H2,1-6H3. The Morgan fingerprint density at radius 3 is 2.00 bits per heavy atom. The predicted molar refractivity (Wildman–Crippen MR) is 76.5 cm³/mol. The molecule has 2 atom stereocenters. The van der Waals surface area contributed by atoms with Crippen LogP contribution in [0.1, 0.15) is 37.5 Å². The molecular weight excluding hydrogens is 206 g/mol. The fourth-order valence-corrected chi connectivity index (χ4v) is 2.41. The summed E-state index contributed by atoms with van der Waals surface area (Å²) in [5.74, 6) is 1.41. The summed E-state index contributed by atoms with van der Waals surface area (Å²) in [6.45, 7) is 11.4. The molecule has 0 aromatic heterocycles. The van der Waals surface area contributed by atoms with E-state index in [-0.39, 0.29) is 0 Å². The highest BCUT2D eigenvalue weighted by molar-refractivity contribution is 5.34. The van der Waals surface area contributed by atoms with E-state index in [2.05, 4.69) is 65.2 Å². The molecule has 96 valence electrons. The van der Waals surface area contributed by atoms with Gasteiger partial charge in [0.1, 0.15) is 0 Å². The molecule has 0 saturated heterocycles. The average Bonchev–Trinajstić information content (AvgIpc) is 2.28. The Morgan fingerprint density at radius 2 is 1.59 bits per heavy atom. The minimum Gasteiger partial charge on any atom is -0.316 e. The van der Waals surface area contributed by atoms with Crippen molar-refractivity contribution in [2.24, 2.45) is 11.8 Å². The summed E-state index contributed by atoms with van der Waals surface area (Å²) in [5.41, 5.74) is 4.35. The molecule has 1 aromatic rings. The van der Waals surface area contributed by atoms with E-state index in [1.54, 1.807) is 0 Å². The molecule has 1 nitrogen and oxygen atoms in total. The molecule has 0 fully saturated rings. The van der Waals surface area contributed by atoms with Crippen molar-refractivity contribution in [3.63, 3.8) is 0 Å². The van der Waals surface area contributed by atoms with Gasteiger partial charge in [-0.15, -0.1) is 0 Å². The molecule has 2 unspecified atom stereocenters. The van der Waals surface area contributed by atoms with E-state index in [1.165, 1.54) is 16.7 Å². The fourth-order valence-electron chi connectivity index (χ4n) is 2.41. The van der Waals surface area contributed by atoms with Gasteiger partial charge in [0, 0.05) is 6.04 Å². The maximum absolute atomic E-state index is 3.49. The van der Waals surface area contributed by atoms with Gasteiger partial charge in [0.15, 0.2) is 0 Å². The lowest BCUT2D eigenvalue weighted by Gasteiger charge is -2.28. The van der Waals surface area contributed by atoms with E-state index in [4.69, 9.17) is 0 Å². The first-order valence-corrected chi connectivity index (χ1v) is 6.69. The van der Waals surface area contributed by atoms with Crippen molar-refractivity contribution in [3.8, 4) is 0 Å². The second-order valence-corrected chi connectivity index (χ2v) is 5.57. The Bertz CT molecular complexity index is 334. The van der Waals surface area contributed by atoms with Crippen molar-refractivity contribution in [1.82, 2.24) is 5.32 Å². The van der Waals surface area contributed by atoms with Crippen molar-refractivity contribution in [3.05, 3.63) is 34.9 Å². The molecule has 0 amide bonds. The van der Waals surface area contributed by atoms with Gasteiger partial charge in [0.25, 0.3) is 0 Å². The van der Waals surface area contributed by atoms with Crippen molar-refractivity contribution in [1.29, 1.82) is 0 Å². The quantitative estimate of drug-likeness (QED) is 0.817. The minimum atomic E-state index is 0.565. The van der Waals surface area contributed by atoms with Gasteiger partial charge in [0.05, 0.1) is 0 Å². The third kappa shape index (κ3) is 3.57. The van der Waals surface area contributed by atoms with Crippen LogP contribution in [-0.2, 0) is 6.42 Å². The van der Waals surface area contributed by atoms with Crippen molar-refractivity contribution in [2.45, 2.75) is 47.1 Å². The Hall–Kier alpha value is -0.820. The monoisotopic (exact) mass is 233 g/mol. The summed E-state index contributed by atoms with van der Waals surface area (Å²) >= 11 is 0. The second-order valence-electron chi connectivity index (χ2n) is 5.57. The van der Waals surface area contributed by atoms with Gasteiger partial charge < -0.3 is 5.32 Å². The maximum Gasteiger partial charge on any atom is 0.0133 e. The summed E-state index contributed by atoms with van der Waals surface area (Å²) in [6.07, 6.45) is 1.13. The molecule has 17 heavy (non-hydrogen) atoms. The molecular formula is C16H27N. The second kappa shape index (κ2) is 6.20. The zero-order chi connectivity index (χ0) is 13.0. The number of benzene rings is 1. The van der Waals surface area contributed by atoms with Crippen molar-refractivity contribution < 1.29 is 0 Å². The van der Waals surface area contributed by atoms with E-state index in [1.807, 2.05) is 0 Å². The van der Waals surface area contributed by atoms with Crippen LogP contribution in [0.2, 0.25) is 0 Å². The first-order valence-electron chi connectivity index (χ1n) is 6.69. The highest BCUT2D eigenvalue weighted by atomic mass is 14.9. The molecule has 1 heteroatoms. The molecule has 1 rings (SSSR count). The largest absolute Gasteiger partial charge is 0.316 e. The summed E-state index contributed by atoms with van der Waals surface area (Å²) < 4.78 is 0. The highest BCUT2D eigenvalue weighted by Crippen LogP contribution is 2.21. The third-order valence-electron chi connectivity index (χ3n) is 4.13. The molecule has 0 spiro atoms. The summed E-state index contributed by atoms with van der Waals surface area (Å²) in [5, 5.41) is 3.49. The predicted octanol–water partition coefficient (Wildman–Crippen LogP) is 3.73. The molecule has 1 aromatic carbocycles. The topological polar surface area (TPSA) is 12.0 Å². The average molecular weight is 233 g/mol. The van der Waals surface area contributed by atoms with Gasteiger partial charge in [-0.25, -0.2) is 0 Å². The number of aryl methyl sites for hydroxylation is 2. The zero-order valence-electron chi connectivity index (χ0n) is 12.2. The van der Waals surface area contributed by atoms with E-state index in [9.17, 15) is 0 Å².